The maximum Gasteiger partial charge on any atom is 0.00144 e. The molecule has 3 rings (SSSR count). The molecule has 2 atom stereocenters. The standard InChI is InChI=1S/C13H17N/c1-10-4-2-3-5-11(10)12-8-13(12)6-7-14-9-13/h2-5,12,14H,6-9H2,1H3. The Bertz CT molecular complexity index is 350. The summed E-state index contributed by atoms with van der Waals surface area (Å²) in [6, 6.07) is 8.87. The van der Waals surface area contributed by atoms with E-state index >= 15 is 0 Å². The highest BCUT2D eigenvalue weighted by Gasteiger charge is 2.55. The van der Waals surface area contributed by atoms with Gasteiger partial charge >= 0.3 is 0 Å². The van der Waals surface area contributed by atoms with Crippen molar-refractivity contribution in [3.05, 3.63) is 35.4 Å². The second-order valence-electron chi connectivity index (χ2n) is 4.90. The normalized spacial score (nSPS) is 35.1. The van der Waals surface area contributed by atoms with Crippen molar-refractivity contribution in [1.82, 2.24) is 5.32 Å². The third-order valence-electron chi connectivity index (χ3n) is 4.03. The smallest absolute Gasteiger partial charge is 0.00144 e. The molecule has 2 unspecified atom stereocenters. The summed E-state index contributed by atoms with van der Waals surface area (Å²) in [4.78, 5) is 0. The van der Waals surface area contributed by atoms with Crippen LogP contribution in [0.15, 0.2) is 24.3 Å². The van der Waals surface area contributed by atoms with E-state index in [1.807, 2.05) is 0 Å². The van der Waals surface area contributed by atoms with Crippen LogP contribution >= 0.6 is 0 Å². The Balaban J connectivity index is 1.89. The first-order valence-electron chi connectivity index (χ1n) is 5.58. The van der Waals surface area contributed by atoms with Crippen LogP contribution in [0.4, 0.5) is 0 Å². The van der Waals surface area contributed by atoms with Crippen LogP contribution in [0.2, 0.25) is 0 Å². The van der Waals surface area contributed by atoms with Crippen LogP contribution < -0.4 is 5.32 Å². The van der Waals surface area contributed by atoms with E-state index in [9.17, 15) is 0 Å². The van der Waals surface area contributed by atoms with Gasteiger partial charge in [0.05, 0.1) is 0 Å². The Hall–Kier alpha value is -0.820. The molecule has 1 saturated heterocycles. The van der Waals surface area contributed by atoms with Gasteiger partial charge < -0.3 is 5.32 Å². The average Bonchev–Trinajstić information content (AvgIpc) is 2.67. The van der Waals surface area contributed by atoms with Crippen molar-refractivity contribution in [3.8, 4) is 0 Å². The summed E-state index contributed by atoms with van der Waals surface area (Å²) in [5.41, 5.74) is 3.71. The van der Waals surface area contributed by atoms with Crippen molar-refractivity contribution in [2.24, 2.45) is 5.41 Å². The van der Waals surface area contributed by atoms with Crippen molar-refractivity contribution < 1.29 is 0 Å². The summed E-state index contributed by atoms with van der Waals surface area (Å²) < 4.78 is 0. The first kappa shape index (κ1) is 8.49. The SMILES string of the molecule is Cc1ccccc1C1CC12CCNC2. The predicted octanol–water partition coefficient (Wildman–Crippen LogP) is 2.46. The van der Waals surface area contributed by atoms with Gasteiger partial charge in [0.15, 0.2) is 0 Å². The first-order valence-corrected chi connectivity index (χ1v) is 5.58. The number of rotatable bonds is 1. The Morgan fingerprint density at radius 3 is 2.93 bits per heavy atom. The maximum absolute atomic E-state index is 3.49. The minimum atomic E-state index is 0.645. The van der Waals surface area contributed by atoms with Crippen LogP contribution in [-0.4, -0.2) is 13.1 Å². The van der Waals surface area contributed by atoms with Crippen molar-refractivity contribution in [3.63, 3.8) is 0 Å². The van der Waals surface area contributed by atoms with Gasteiger partial charge in [0.1, 0.15) is 0 Å². The number of nitrogens with one attached hydrogen (secondary N) is 1. The molecule has 2 fully saturated rings. The van der Waals surface area contributed by atoms with E-state index < -0.39 is 0 Å². The summed E-state index contributed by atoms with van der Waals surface area (Å²) in [6.45, 7) is 4.71. The lowest BCUT2D eigenvalue weighted by Gasteiger charge is -2.09. The molecule has 1 aliphatic heterocycles. The van der Waals surface area contributed by atoms with Crippen LogP contribution in [-0.2, 0) is 0 Å². The molecule has 14 heavy (non-hydrogen) atoms. The van der Waals surface area contributed by atoms with Gasteiger partial charge in [-0.25, -0.2) is 0 Å². The number of aryl methyl sites for hydroxylation is 1. The van der Waals surface area contributed by atoms with Gasteiger partial charge in [-0.1, -0.05) is 24.3 Å². The third-order valence-corrected chi connectivity index (χ3v) is 4.03. The maximum atomic E-state index is 3.49. The predicted molar refractivity (Wildman–Crippen MR) is 58.5 cm³/mol. The zero-order chi connectivity index (χ0) is 9.60. The van der Waals surface area contributed by atoms with Gasteiger partial charge in [0.25, 0.3) is 0 Å². The molecule has 1 heteroatoms. The Morgan fingerprint density at radius 2 is 2.21 bits per heavy atom. The molecule has 1 aromatic carbocycles. The van der Waals surface area contributed by atoms with Crippen molar-refractivity contribution in [2.75, 3.05) is 13.1 Å². The summed E-state index contributed by atoms with van der Waals surface area (Å²) in [7, 11) is 0. The minimum absolute atomic E-state index is 0.645. The fourth-order valence-electron chi connectivity index (χ4n) is 3.00. The molecule has 2 aliphatic rings. The lowest BCUT2D eigenvalue weighted by Crippen LogP contribution is -2.10. The topological polar surface area (TPSA) is 12.0 Å². The summed E-state index contributed by atoms with van der Waals surface area (Å²) in [5.74, 6) is 0.846. The molecule has 0 aromatic heterocycles. The van der Waals surface area contributed by atoms with Gasteiger partial charge in [-0.15, -0.1) is 0 Å². The fourth-order valence-corrected chi connectivity index (χ4v) is 3.00. The Labute approximate surface area is 85.5 Å². The molecule has 0 radical (unpaired) electrons. The van der Waals surface area contributed by atoms with E-state index in [1.54, 1.807) is 5.56 Å². The molecule has 1 aromatic rings. The van der Waals surface area contributed by atoms with Crippen LogP contribution in [0, 0.1) is 12.3 Å². The second-order valence-corrected chi connectivity index (χ2v) is 4.90. The lowest BCUT2D eigenvalue weighted by molar-refractivity contribution is 0.548. The second kappa shape index (κ2) is 2.83. The van der Waals surface area contributed by atoms with Gasteiger partial charge in [-0.3, -0.25) is 0 Å². The quantitative estimate of drug-likeness (QED) is 0.712. The minimum Gasteiger partial charge on any atom is -0.316 e. The third kappa shape index (κ3) is 1.12. The summed E-state index contributed by atoms with van der Waals surface area (Å²) >= 11 is 0. The zero-order valence-electron chi connectivity index (χ0n) is 8.72. The molecule has 0 bridgehead atoms. The van der Waals surface area contributed by atoms with E-state index in [-0.39, 0.29) is 0 Å². The molecule has 1 N–H and O–H groups in total. The Kier molecular flexibility index (Phi) is 1.72. The van der Waals surface area contributed by atoms with E-state index in [2.05, 4.69) is 36.5 Å². The molecule has 1 saturated carbocycles. The highest BCUT2D eigenvalue weighted by atomic mass is 14.9. The highest BCUT2D eigenvalue weighted by molar-refractivity contribution is 5.37. The van der Waals surface area contributed by atoms with Gasteiger partial charge in [-0.05, 0) is 48.8 Å². The van der Waals surface area contributed by atoms with Crippen molar-refractivity contribution in [2.45, 2.75) is 25.7 Å². The molecule has 1 aliphatic carbocycles. The van der Waals surface area contributed by atoms with Crippen LogP contribution in [0.1, 0.15) is 29.9 Å². The summed E-state index contributed by atoms with van der Waals surface area (Å²) in [6.07, 6.45) is 2.79. The monoisotopic (exact) mass is 187 g/mol. The first-order chi connectivity index (χ1) is 6.82. The number of hydrogen-bond donors (Lipinski definition) is 1. The Morgan fingerprint density at radius 1 is 1.36 bits per heavy atom. The fraction of sp³-hybridized carbons (Fsp3) is 0.538. The van der Waals surface area contributed by atoms with E-state index in [1.165, 1.54) is 31.5 Å². The van der Waals surface area contributed by atoms with Crippen LogP contribution in [0.25, 0.3) is 0 Å². The van der Waals surface area contributed by atoms with Gasteiger partial charge in [0, 0.05) is 6.54 Å². The molecular formula is C13H17N. The lowest BCUT2D eigenvalue weighted by atomic mass is 9.95. The van der Waals surface area contributed by atoms with Gasteiger partial charge in [0.2, 0.25) is 0 Å². The van der Waals surface area contributed by atoms with Gasteiger partial charge in [-0.2, -0.15) is 0 Å². The molecule has 1 nitrogen and oxygen atoms in total. The molecule has 1 spiro atoms. The number of hydrogen-bond acceptors (Lipinski definition) is 1. The van der Waals surface area contributed by atoms with E-state index in [0.29, 0.717) is 5.41 Å². The van der Waals surface area contributed by atoms with Crippen LogP contribution in [0.3, 0.4) is 0 Å². The van der Waals surface area contributed by atoms with E-state index in [0.717, 1.165) is 5.92 Å². The molecular weight excluding hydrogens is 170 g/mol. The van der Waals surface area contributed by atoms with Crippen molar-refractivity contribution >= 4 is 0 Å². The highest BCUT2D eigenvalue weighted by Crippen LogP contribution is 2.62. The van der Waals surface area contributed by atoms with Crippen molar-refractivity contribution in [1.29, 1.82) is 0 Å². The molecule has 1 heterocycles. The largest absolute Gasteiger partial charge is 0.316 e. The summed E-state index contributed by atoms with van der Waals surface area (Å²) in [5, 5.41) is 3.49. The molecule has 0 amide bonds. The van der Waals surface area contributed by atoms with E-state index in [4.69, 9.17) is 0 Å². The number of benzene rings is 1. The van der Waals surface area contributed by atoms with Crippen LogP contribution in [0.5, 0.6) is 0 Å². The molecule has 74 valence electrons. The zero-order valence-corrected chi connectivity index (χ0v) is 8.72. The average molecular weight is 187 g/mol.